The summed E-state index contributed by atoms with van der Waals surface area (Å²) in [6.07, 6.45) is 0. The number of carbonyl (C=O) groups is 1. The molecule has 0 atom stereocenters. The maximum atomic E-state index is 12.7. The second kappa shape index (κ2) is 6.70. The van der Waals surface area contributed by atoms with E-state index < -0.39 is 15.9 Å². The third-order valence-electron chi connectivity index (χ3n) is 3.32. The largest absolute Gasteiger partial charge is 0.375 e. The van der Waals surface area contributed by atoms with Crippen molar-refractivity contribution in [1.82, 2.24) is 0 Å². The summed E-state index contributed by atoms with van der Waals surface area (Å²) >= 11 is 6.15. The minimum Gasteiger partial charge on any atom is -0.375 e. The number of primary amides is 1. The van der Waals surface area contributed by atoms with Crippen molar-refractivity contribution < 1.29 is 13.2 Å². The lowest BCUT2D eigenvalue weighted by Gasteiger charge is -2.20. The topological polar surface area (TPSA) is 92.5 Å². The molecule has 0 saturated heterocycles. The van der Waals surface area contributed by atoms with Gasteiger partial charge >= 0.3 is 0 Å². The normalized spacial score (nSPS) is 11.2. The van der Waals surface area contributed by atoms with Crippen LogP contribution in [0.1, 0.15) is 15.9 Å². The van der Waals surface area contributed by atoms with Crippen LogP contribution in [0.3, 0.4) is 0 Å². The average Bonchev–Trinajstić information content (AvgIpc) is 2.45. The summed E-state index contributed by atoms with van der Waals surface area (Å²) in [7, 11) is -0.386. The molecule has 0 aliphatic rings. The van der Waals surface area contributed by atoms with Gasteiger partial charge < -0.3 is 10.6 Å². The number of nitrogens with two attached hydrogens (primary N) is 1. The Bertz CT molecular complexity index is 895. The highest BCUT2D eigenvalue weighted by atomic mass is 35.5. The van der Waals surface area contributed by atoms with Gasteiger partial charge in [-0.2, -0.15) is 0 Å². The maximum Gasteiger partial charge on any atom is 0.261 e. The molecule has 0 unspecified atom stereocenters. The van der Waals surface area contributed by atoms with E-state index in [0.717, 1.165) is 0 Å². The van der Waals surface area contributed by atoms with Crippen LogP contribution in [-0.4, -0.2) is 28.4 Å². The van der Waals surface area contributed by atoms with E-state index in [4.69, 9.17) is 17.3 Å². The number of anilines is 2. The fourth-order valence-corrected chi connectivity index (χ4v) is 3.84. The van der Waals surface area contributed by atoms with Gasteiger partial charge in [-0.05, 0) is 42.8 Å². The number of aryl methyl sites for hydroxylation is 1. The van der Waals surface area contributed by atoms with E-state index in [9.17, 15) is 13.2 Å². The zero-order chi connectivity index (χ0) is 18.1. The van der Waals surface area contributed by atoms with Crippen molar-refractivity contribution in [3.05, 3.63) is 52.5 Å². The number of hydrogen-bond donors (Lipinski definition) is 2. The lowest BCUT2D eigenvalue weighted by Crippen LogP contribution is -2.19. The number of benzene rings is 2. The van der Waals surface area contributed by atoms with Crippen molar-refractivity contribution in [3.8, 4) is 0 Å². The van der Waals surface area contributed by atoms with Crippen molar-refractivity contribution >= 4 is 38.9 Å². The number of nitrogens with one attached hydrogen (secondary N) is 1. The van der Waals surface area contributed by atoms with Crippen LogP contribution in [-0.2, 0) is 10.0 Å². The van der Waals surface area contributed by atoms with Crippen LogP contribution in [0.25, 0.3) is 0 Å². The summed E-state index contributed by atoms with van der Waals surface area (Å²) in [6.45, 7) is 1.69. The molecule has 0 aliphatic carbocycles. The number of nitrogens with zero attached hydrogens (tertiary/aromatic N) is 1. The van der Waals surface area contributed by atoms with Gasteiger partial charge in [0, 0.05) is 19.7 Å². The summed E-state index contributed by atoms with van der Waals surface area (Å²) in [6, 6.07) is 9.19. The highest BCUT2D eigenvalue weighted by Gasteiger charge is 2.20. The number of para-hydroxylation sites is 1. The van der Waals surface area contributed by atoms with Crippen molar-refractivity contribution in [1.29, 1.82) is 0 Å². The van der Waals surface area contributed by atoms with Gasteiger partial charge in [0.1, 0.15) is 0 Å². The molecule has 0 spiro atoms. The third kappa shape index (κ3) is 3.80. The first-order chi connectivity index (χ1) is 11.1. The van der Waals surface area contributed by atoms with Crippen LogP contribution in [0.15, 0.2) is 41.3 Å². The molecule has 0 aromatic heterocycles. The Kier molecular flexibility index (Phi) is 5.05. The molecule has 1 amide bonds. The number of halogens is 1. The molecule has 2 aromatic rings. The van der Waals surface area contributed by atoms with Crippen LogP contribution >= 0.6 is 11.6 Å². The molecular formula is C16H18ClN3O3S. The standard InChI is InChI=1S/C16H18ClN3O3S/c1-10-7-11(16(18)21)9-12(8-10)24(22,23)19-14-6-4-5-13(17)15(14)20(2)3/h4-9,19H,1-3H3,(H2,18,21). The van der Waals surface area contributed by atoms with Gasteiger partial charge in [-0.25, -0.2) is 8.42 Å². The molecule has 8 heteroatoms. The average molecular weight is 368 g/mol. The minimum absolute atomic E-state index is 0.0408. The van der Waals surface area contributed by atoms with E-state index in [1.807, 2.05) is 0 Å². The number of hydrogen-bond acceptors (Lipinski definition) is 4. The second-order valence-corrected chi connectivity index (χ2v) is 7.62. The molecule has 0 saturated carbocycles. The summed E-state index contributed by atoms with van der Waals surface area (Å²) in [5, 5.41) is 0.419. The molecule has 0 bridgehead atoms. The van der Waals surface area contributed by atoms with E-state index >= 15 is 0 Å². The third-order valence-corrected chi connectivity index (χ3v) is 4.97. The molecule has 3 N–H and O–H groups in total. The number of sulfonamides is 1. The van der Waals surface area contributed by atoms with Gasteiger partial charge in [0.2, 0.25) is 5.91 Å². The molecule has 2 aromatic carbocycles. The second-order valence-electron chi connectivity index (χ2n) is 5.53. The zero-order valence-corrected chi connectivity index (χ0v) is 15.1. The predicted octanol–water partition coefficient (Wildman–Crippen LogP) is 2.61. The number of rotatable bonds is 5. The van der Waals surface area contributed by atoms with Crippen molar-refractivity contribution in [2.45, 2.75) is 11.8 Å². The maximum absolute atomic E-state index is 12.7. The van der Waals surface area contributed by atoms with Gasteiger partial charge in [-0.1, -0.05) is 17.7 Å². The summed E-state index contributed by atoms with van der Waals surface area (Å²) in [5.74, 6) is -0.688. The van der Waals surface area contributed by atoms with Gasteiger partial charge in [0.05, 0.1) is 21.3 Å². The van der Waals surface area contributed by atoms with Crippen LogP contribution in [0.2, 0.25) is 5.02 Å². The minimum atomic E-state index is -3.91. The van der Waals surface area contributed by atoms with Crippen LogP contribution in [0.4, 0.5) is 11.4 Å². The summed E-state index contributed by atoms with van der Waals surface area (Å²) < 4.78 is 27.9. The Balaban J connectivity index is 2.51. The molecular weight excluding hydrogens is 350 g/mol. The first-order valence-corrected chi connectivity index (χ1v) is 8.88. The Morgan fingerprint density at radius 1 is 1.21 bits per heavy atom. The van der Waals surface area contributed by atoms with Crippen LogP contribution < -0.4 is 15.4 Å². The predicted molar refractivity (Wildman–Crippen MR) is 96.3 cm³/mol. The molecule has 24 heavy (non-hydrogen) atoms. The van der Waals surface area contributed by atoms with E-state index in [-0.39, 0.29) is 10.5 Å². The molecule has 2 rings (SSSR count). The SMILES string of the molecule is Cc1cc(C(N)=O)cc(S(=O)(=O)Nc2cccc(Cl)c2N(C)C)c1. The zero-order valence-electron chi connectivity index (χ0n) is 13.5. The quantitative estimate of drug-likeness (QED) is 0.849. The molecule has 0 fully saturated rings. The lowest BCUT2D eigenvalue weighted by molar-refractivity contribution is 0.1000. The molecule has 0 aliphatic heterocycles. The number of carbonyl (C=O) groups excluding carboxylic acids is 1. The highest BCUT2D eigenvalue weighted by molar-refractivity contribution is 7.92. The first kappa shape index (κ1) is 18.1. The monoisotopic (exact) mass is 367 g/mol. The van der Waals surface area contributed by atoms with Crippen molar-refractivity contribution in [2.75, 3.05) is 23.7 Å². The highest BCUT2D eigenvalue weighted by Crippen LogP contribution is 2.34. The molecule has 0 heterocycles. The van der Waals surface area contributed by atoms with E-state index in [0.29, 0.717) is 22.0 Å². The van der Waals surface area contributed by atoms with E-state index in [2.05, 4.69) is 4.72 Å². The molecule has 6 nitrogen and oxygen atoms in total. The Morgan fingerprint density at radius 2 is 1.88 bits per heavy atom. The van der Waals surface area contributed by atoms with Crippen molar-refractivity contribution in [3.63, 3.8) is 0 Å². The van der Waals surface area contributed by atoms with Crippen molar-refractivity contribution in [2.24, 2.45) is 5.73 Å². The Labute approximate surface area is 146 Å². The van der Waals surface area contributed by atoms with Gasteiger partial charge in [-0.15, -0.1) is 0 Å². The first-order valence-electron chi connectivity index (χ1n) is 7.02. The van der Waals surface area contributed by atoms with E-state index in [1.54, 1.807) is 44.1 Å². The Morgan fingerprint density at radius 3 is 2.46 bits per heavy atom. The van der Waals surface area contributed by atoms with Crippen LogP contribution in [0, 0.1) is 6.92 Å². The van der Waals surface area contributed by atoms with E-state index in [1.165, 1.54) is 18.2 Å². The summed E-state index contributed by atoms with van der Waals surface area (Å²) in [4.78, 5) is 13.0. The summed E-state index contributed by atoms with van der Waals surface area (Å²) in [5.41, 5.74) is 6.89. The van der Waals surface area contributed by atoms with Gasteiger partial charge in [0.25, 0.3) is 10.0 Å². The van der Waals surface area contributed by atoms with Gasteiger partial charge in [-0.3, -0.25) is 9.52 Å². The smallest absolute Gasteiger partial charge is 0.261 e. The number of amides is 1. The fourth-order valence-electron chi connectivity index (χ4n) is 2.30. The fraction of sp³-hybridized carbons (Fsp3) is 0.188. The van der Waals surface area contributed by atoms with Gasteiger partial charge in [0.15, 0.2) is 0 Å². The molecule has 0 radical (unpaired) electrons. The molecule has 128 valence electrons. The van der Waals surface area contributed by atoms with Crippen LogP contribution in [0.5, 0.6) is 0 Å². The Hall–Kier alpha value is -2.25. The lowest BCUT2D eigenvalue weighted by atomic mass is 10.1.